The Labute approximate surface area is 108 Å². The van der Waals surface area contributed by atoms with Crippen molar-refractivity contribution in [2.45, 2.75) is 12.8 Å². The number of rotatable bonds is 5. The fourth-order valence-electron chi connectivity index (χ4n) is 1.44. The normalized spacial score (nSPS) is 10.2. The van der Waals surface area contributed by atoms with Gasteiger partial charge in [-0.15, -0.1) is 11.3 Å². The molecule has 0 spiro atoms. The van der Waals surface area contributed by atoms with Gasteiger partial charge in [0.15, 0.2) is 5.13 Å². The van der Waals surface area contributed by atoms with E-state index in [0.29, 0.717) is 17.2 Å². The molecule has 0 aliphatic heterocycles. The van der Waals surface area contributed by atoms with Crippen LogP contribution in [0.4, 0.5) is 5.13 Å². The number of nitrogens with one attached hydrogen (secondary N) is 1. The number of amides is 1. The lowest BCUT2D eigenvalue weighted by Gasteiger charge is -2.03. The summed E-state index contributed by atoms with van der Waals surface area (Å²) in [6.07, 6.45) is 4.57. The first-order chi connectivity index (χ1) is 8.75. The number of carbonyl (C=O) groups is 1. The number of thiazole rings is 1. The summed E-state index contributed by atoms with van der Waals surface area (Å²) >= 11 is 1.43. The van der Waals surface area contributed by atoms with Gasteiger partial charge in [0.1, 0.15) is 0 Å². The Kier molecular flexibility index (Phi) is 4.19. The number of anilines is 1. The van der Waals surface area contributed by atoms with E-state index in [9.17, 15) is 4.79 Å². The predicted octanol–water partition coefficient (Wildman–Crippen LogP) is 0.878. The Balaban J connectivity index is 1.71. The van der Waals surface area contributed by atoms with Gasteiger partial charge in [0.25, 0.3) is 5.91 Å². The van der Waals surface area contributed by atoms with Crippen LogP contribution in [0.2, 0.25) is 0 Å². The highest BCUT2D eigenvalue weighted by Gasteiger charge is 2.04. The molecule has 0 aliphatic rings. The summed E-state index contributed by atoms with van der Waals surface area (Å²) in [6, 6.07) is 1.63. The lowest BCUT2D eigenvalue weighted by molar-refractivity contribution is 0.0952. The van der Waals surface area contributed by atoms with Gasteiger partial charge >= 0.3 is 0 Å². The van der Waals surface area contributed by atoms with Crippen molar-refractivity contribution < 1.29 is 4.79 Å². The van der Waals surface area contributed by atoms with Gasteiger partial charge < -0.3 is 11.1 Å². The molecule has 7 heteroatoms. The van der Waals surface area contributed by atoms with Crippen molar-refractivity contribution in [3.63, 3.8) is 0 Å². The van der Waals surface area contributed by atoms with Crippen molar-refractivity contribution in [3.8, 4) is 0 Å². The van der Waals surface area contributed by atoms with Gasteiger partial charge in [-0.25, -0.2) is 4.98 Å². The molecule has 6 nitrogen and oxygen atoms in total. The molecule has 0 bridgehead atoms. The van der Waals surface area contributed by atoms with Crippen LogP contribution in [-0.4, -0.2) is 27.6 Å². The van der Waals surface area contributed by atoms with E-state index in [-0.39, 0.29) is 5.91 Å². The molecular formula is C11H13N5OS. The minimum absolute atomic E-state index is 0.136. The van der Waals surface area contributed by atoms with Crippen LogP contribution in [-0.2, 0) is 6.42 Å². The SMILES string of the molecule is Nc1nc(CCCNC(=O)c2ccnnc2)cs1. The third-order valence-electron chi connectivity index (χ3n) is 2.31. The molecule has 0 saturated carbocycles. The quantitative estimate of drug-likeness (QED) is 0.781. The molecule has 2 rings (SSSR count). The van der Waals surface area contributed by atoms with E-state index >= 15 is 0 Å². The van der Waals surface area contributed by atoms with Crippen LogP contribution in [0.25, 0.3) is 0 Å². The first kappa shape index (κ1) is 12.4. The molecule has 0 aromatic carbocycles. The fraction of sp³-hybridized carbons (Fsp3) is 0.273. The minimum atomic E-state index is -0.136. The van der Waals surface area contributed by atoms with Gasteiger partial charge in [-0.1, -0.05) is 0 Å². The highest BCUT2D eigenvalue weighted by molar-refractivity contribution is 7.13. The second kappa shape index (κ2) is 6.06. The second-order valence-electron chi connectivity index (χ2n) is 3.67. The second-order valence-corrected chi connectivity index (χ2v) is 4.56. The largest absolute Gasteiger partial charge is 0.375 e. The number of carbonyl (C=O) groups excluding carboxylic acids is 1. The zero-order valence-electron chi connectivity index (χ0n) is 9.67. The van der Waals surface area contributed by atoms with Gasteiger partial charge in [0.05, 0.1) is 23.7 Å². The summed E-state index contributed by atoms with van der Waals surface area (Å²) < 4.78 is 0. The molecule has 0 saturated heterocycles. The van der Waals surface area contributed by atoms with E-state index in [4.69, 9.17) is 5.73 Å². The van der Waals surface area contributed by atoms with Crippen LogP contribution in [0, 0.1) is 0 Å². The van der Waals surface area contributed by atoms with Gasteiger partial charge in [0, 0.05) is 11.9 Å². The zero-order chi connectivity index (χ0) is 12.8. The Morgan fingerprint density at radius 3 is 3.00 bits per heavy atom. The number of nitrogens with two attached hydrogens (primary N) is 1. The molecule has 2 aromatic heterocycles. The Hall–Kier alpha value is -2.02. The van der Waals surface area contributed by atoms with Crippen molar-refractivity contribution in [3.05, 3.63) is 35.1 Å². The van der Waals surface area contributed by atoms with Crippen LogP contribution in [0.1, 0.15) is 22.5 Å². The lowest BCUT2D eigenvalue weighted by atomic mass is 10.2. The van der Waals surface area contributed by atoms with Gasteiger partial charge in [0.2, 0.25) is 0 Å². The number of aryl methyl sites for hydroxylation is 1. The van der Waals surface area contributed by atoms with E-state index in [1.54, 1.807) is 6.07 Å². The lowest BCUT2D eigenvalue weighted by Crippen LogP contribution is -2.24. The van der Waals surface area contributed by atoms with Crippen molar-refractivity contribution in [2.75, 3.05) is 12.3 Å². The van der Waals surface area contributed by atoms with E-state index in [2.05, 4.69) is 20.5 Å². The van der Waals surface area contributed by atoms with Crippen LogP contribution >= 0.6 is 11.3 Å². The summed E-state index contributed by atoms with van der Waals surface area (Å²) in [7, 11) is 0. The smallest absolute Gasteiger partial charge is 0.252 e. The van der Waals surface area contributed by atoms with Crippen molar-refractivity contribution in [1.82, 2.24) is 20.5 Å². The van der Waals surface area contributed by atoms with Crippen LogP contribution in [0.3, 0.4) is 0 Å². The summed E-state index contributed by atoms with van der Waals surface area (Å²) in [6.45, 7) is 0.596. The fourth-order valence-corrected chi connectivity index (χ4v) is 2.03. The standard InChI is InChI=1S/C11H13N5OS/c12-11-16-9(7-18-11)2-1-4-13-10(17)8-3-5-14-15-6-8/h3,5-7H,1-2,4H2,(H2,12,16)(H,13,17). The number of hydrogen-bond acceptors (Lipinski definition) is 6. The maximum absolute atomic E-state index is 11.6. The molecule has 94 valence electrons. The summed E-state index contributed by atoms with van der Waals surface area (Å²) in [5.41, 5.74) is 7.02. The topological polar surface area (TPSA) is 93.8 Å². The maximum atomic E-state index is 11.6. The molecular weight excluding hydrogens is 250 g/mol. The van der Waals surface area contributed by atoms with Gasteiger partial charge in [-0.2, -0.15) is 10.2 Å². The van der Waals surface area contributed by atoms with Crippen LogP contribution in [0.15, 0.2) is 23.8 Å². The van der Waals surface area contributed by atoms with Gasteiger partial charge in [-0.05, 0) is 18.9 Å². The van der Waals surface area contributed by atoms with Crippen LogP contribution < -0.4 is 11.1 Å². The highest BCUT2D eigenvalue weighted by atomic mass is 32.1. The Morgan fingerprint density at radius 2 is 2.33 bits per heavy atom. The molecule has 0 atom stereocenters. The van der Waals surface area contributed by atoms with Crippen molar-refractivity contribution in [2.24, 2.45) is 0 Å². The van der Waals surface area contributed by atoms with Crippen molar-refractivity contribution >= 4 is 22.4 Å². The maximum Gasteiger partial charge on any atom is 0.252 e. The molecule has 3 N–H and O–H groups in total. The molecule has 0 unspecified atom stereocenters. The minimum Gasteiger partial charge on any atom is -0.375 e. The van der Waals surface area contributed by atoms with Crippen LogP contribution in [0.5, 0.6) is 0 Å². The molecule has 1 amide bonds. The first-order valence-electron chi connectivity index (χ1n) is 5.50. The summed E-state index contributed by atoms with van der Waals surface area (Å²) in [5, 5.41) is 12.6. The molecule has 0 radical (unpaired) electrons. The summed E-state index contributed by atoms with van der Waals surface area (Å²) in [5.74, 6) is -0.136. The molecule has 18 heavy (non-hydrogen) atoms. The zero-order valence-corrected chi connectivity index (χ0v) is 10.5. The number of nitrogens with zero attached hydrogens (tertiary/aromatic N) is 3. The highest BCUT2D eigenvalue weighted by Crippen LogP contribution is 2.12. The molecule has 0 fully saturated rings. The Morgan fingerprint density at radius 1 is 1.44 bits per heavy atom. The van der Waals surface area contributed by atoms with E-state index in [1.807, 2.05) is 5.38 Å². The molecule has 2 aromatic rings. The van der Waals surface area contributed by atoms with Crippen molar-refractivity contribution in [1.29, 1.82) is 0 Å². The predicted molar refractivity (Wildman–Crippen MR) is 69.2 cm³/mol. The third-order valence-corrected chi connectivity index (χ3v) is 3.03. The first-order valence-corrected chi connectivity index (χ1v) is 6.38. The number of hydrogen-bond donors (Lipinski definition) is 2. The average Bonchev–Trinajstić information content (AvgIpc) is 2.81. The van der Waals surface area contributed by atoms with E-state index < -0.39 is 0 Å². The Bertz CT molecular complexity index is 513. The van der Waals surface area contributed by atoms with E-state index in [0.717, 1.165) is 18.5 Å². The number of nitrogen functional groups attached to an aromatic ring is 1. The monoisotopic (exact) mass is 263 g/mol. The number of aromatic nitrogens is 3. The van der Waals surface area contributed by atoms with Gasteiger partial charge in [-0.3, -0.25) is 4.79 Å². The summed E-state index contributed by atoms with van der Waals surface area (Å²) in [4.78, 5) is 15.8. The average molecular weight is 263 g/mol. The van der Waals surface area contributed by atoms with E-state index in [1.165, 1.54) is 23.7 Å². The third kappa shape index (κ3) is 3.49. The molecule has 2 heterocycles. The molecule has 0 aliphatic carbocycles.